The van der Waals surface area contributed by atoms with Gasteiger partial charge in [0, 0.05) is 10.9 Å². The van der Waals surface area contributed by atoms with Crippen LogP contribution < -0.4 is 44.7 Å². The van der Waals surface area contributed by atoms with Crippen LogP contribution in [0.4, 0.5) is 17.1 Å². The fourth-order valence-electron chi connectivity index (χ4n) is 3.60. The average Bonchev–Trinajstić information content (AvgIpc) is 2.85. The quantitative estimate of drug-likeness (QED) is 0.203. The molecule has 2 N–H and O–H groups in total. The van der Waals surface area contributed by atoms with Crippen molar-refractivity contribution in [3.8, 4) is 11.5 Å². The number of amides is 1. The third-order valence-corrected chi connectivity index (χ3v) is 7.13. The minimum absolute atomic E-state index is 0. The molecule has 0 fully saturated rings. The van der Waals surface area contributed by atoms with Gasteiger partial charge in [-0.1, -0.05) is 65.3 Å². The summed E-state index contributed by atoms with van der Waals surface area (Å²) in [5.41, 5.74) is -0.190. The van der Waals surface area contributed by atoms with Crippen molar-refractivity contribution in [1.29, 1.82) is 0 Å². The van der Waals surface area contributed by atoms with Gasteiger partial charge in [0.2, 0.25) is 0 Å². The fourth-order valence-corrected chi connectivity index (χ4v) is 4.70. The van der Waals surface area contributed by atoms with Crippen LogP contribution in [0.5, 0.6) is 11.5 Å². The number of hydrogen-bond acceptors (Lipinski definition) is 7. The zero-order valence-corrected chi connectivity index (χ0v) is 24.6. The van der Waals surface area contributed by atoms with Crippen molar-refractivity contribution in [1.82, 2.24) is 0 Å². The maximum absolute atomic E-state index is 13.4. The molecule has 0 aromatic heterocycles. The molecule has 4 aromatic carbocycles. The number of hydrogen-bond donors (Lipinski definition) is 2. The van der Waals surface area contributed by atoms with Gasteiger partial charge in [0.15, 0.2) is 0 Å². The van der Waals surface area contributed by atoms with Crippen LogP contribution in [0.3, 0.4) is 0 Å². The number of ether oxygens (including phenoxy) is 1. The summed E-state index contributed by atoms with van der Waals surface area (Å²) in [4.78, 5) is 12.6. The second kappa shape index (κ2) is 12.0. The Morgan fingerprint density at radius 1 is 1.03 bits per heavy atom. The first-order valence-corrected chi connectivity index (χ1v) is 12.8. The molecule has 0 aliphatic rings. The number of fused-ring (bicyclic) bond motifs is 1. The van der Waals surface area contributed by atoms with Crippen LogP contribution >= 0.6 is 23.2 Å². The predicted octanol–water partition coefficient (Wildman–Crippen LogP) is 3.46. The van der Waals surface area contributed by atoms with Gasteiger partial charge < -0.3 is 15.2 Å². The van der Waals surface area contributed by atoms with Gasteiger partial charge in [-0.25, -0.2) is 0 Å². The summed E-state index contributed by atoms with van der Waals surface area (Å²) in [5, 5.41) is 24.9. The second-order valence-corrected chi connectivity index (χ2v) is 9.99. The van der Waals surface area contributed by atoms with Gasteiger partial charge in [-0.15, -0.1) is 5.11 Å². The van der Waals surface area contributed by atoms with Crippen molar-refractivity contribution >= 4 is 67.1 Å². The number of benzene rings is 4. The Morgan fingerprint density at radius 3 is 2.39 bits per heavy atom. The van der Waals surface area contributed by atoms with E-state index in [0.29, 0.717) is 22.1 Å². The molecule has 0 spiro atoms. The first kappa shape index (κ1) is 29.9. The van der Waals surface area contributed by atoms with Crippen molar-refractivity contribution in [3.63, 3.8) is 0 Å². The molecule has 0 heterocycles. The molecule has 1 amide bonds. The molecule has 0 unspecified atom stereocenters. The van der Waals surface area contributed by atoms with Crippen LogP contribution in [-0.2, 0) is 10.1 Å². The van der Waals surface area contributed by atoms with Gasteiger partial charge in [0.05, 0.1) is 22.8 Å². The monoisotopic (exact) mass is 581 g/mol. The number of anilines is 1. The predicted molar refractivity (Wildman–Crippen MR) is 140 cm³/mol. The van der Waals surface area contributed by atoms with Crippen molar-refractivity contribution in [3.05, 3.63) is 81.8 Å². The zero-order valence-electron chi connectivity index (χ0n) is 20.3. The van der Waals surface area contributed by atoms with E-state index < -0.39 is 26.7 Å². The van der Waals surface area contributed by atoms with Gasteiger partial charge in [0.25, 0.3) is 16.0 Å². The molecule has 9 nitrogen and oxygen atoms in total. The standard InChI is InChI=1S/C25H19Cl2N3O6S.Na/c1-13-10-11-19(37(33,34)35)23(20(13)27)30-29-21-15-7-4-3-6-14(15)12-16(24(21)31)25(32)28-22-17(26)8-5-9-18(22)36-2;/h3-12,31H,1-2H3,(H,28,32)(H,33,34,35);/q;+1/p-1. The molecule has 0 saturated heterocycles. The van der Waals surface area contributed by atoms with Crippen LogP contribution in [0.25, 0.3) is 10.8 Å². The zero-order chi connectivity index (χ0) is 26.9. The molecule has 13 heteroatoms. The van der Waals surface area contributed by atoms with Gasteiger partial charge in [-0.3, -0.25) is 9.35 Å². The van der Waals surface area contributed by atoms with E-state index >= 15 is 0 Å². The number of nitrogens with zero attached hydrogens (tertiary/aromatic N) is 2. The van der Waals surface area contributed by atoms with Crippen molar-refractivity contribution < 1.29 is 57.2 Å². The largest absolute Gasteiger partial charge is 1.00 e. The molecule has 4 rings (SSSR count). The number of azo groups is 1. The van der Waals surface area contributed by atoms with Crippen molar-refractivity contribution in [2.75, 3.05) is 12.4 Å². The minimum atomic E-state index is -4.70. The van der Waals surface area contributed by atoms with Gasteiger partial charge in [-0.2, -0.15) is 13.5 Å². The van der Waals surface area contributed by atoms with E-state index in [9.17, 15) is 22.9 Å². The number of carbonyl (C=O) groups excluding carboxylic acids is 1. The number of rotatable bonds is 6. The first-order chi connectivity index (χ1) is 17.5. The molecular weight excluding hydrogens is 564 g/mol. The van der Waals surface area contributed by atoms with E-state index in [1.54, 1.807) is 49.4 Å². The van der Waals surface area contributed by atoms with E-state index in [0.717, 1.165) is 6.07 Å². The normalized spacial score (nSPS) is 11.4. The average molecular weight is 582 g/mol. The third-order valence-electron chi connectivity index (χ3n) is 5.45. The number of carbonyl (C=O) groups is 1. The summed E-state index contributed by atoms with van der Waals surface area (Å²) >= 11 is 12.5. The molecule has 0 aliphatic carbocycles. The van der Waals surface area contributed by atoms with Crippen molar-refractivity contribution in [2.24, 2.45) is 10.2 Å². The molecule has 4 aromatic rings. The molecule has 0 bridgehead atoms. The maximum atomic E-state index is 13.4. The molecule has 190 valence electrons. The molecule has 0 aliphatic heterocycles. The van der Waals surface area contributed by atoms with E-state index in [1.807, 2.05) is 0 Å². The Balaban J connectivity index is 0.00000400. The van der Waals surface area contributed by atoms with Gasteiger partial charge in [0.1, 0.15) is 22.0 Å². The van der Waals surface area contributed by atoms with Crippen LogP contribution in [0.2, 0.25) is 10.0 Å². The van der Waals surface area contributed by atoms with Crippen LogP contribution in [-0.4, -0.2) is 26.0 Å². The topological polar surface area (TPSA) is 140 Å². The fraction of sp³-hybridized carbons (Fsp3) is 0.0800. The summed E-state index contributed by atoms with van der Waals surface area (Å²) < 4.78 is 38.6. The Morgan fingerprint density at radius 2 is 1.71 bits per heavy atom. The Hall–Kier alpha value is -2.70. The van der Waals surface area contributed by atoms with Gasteiger partial charge in [-0.05, 0) is 42.1 Å². The Kier molecular flexibility index (Phi) is 9.43. The maximum Gasteiger partial charge on any atom is 1.00 e. The SMILES string of the molecule is COc1cccc(Cl)c1NC(=O)c1cc2ccccc2c(N=Nc2c(S(=O)(=O)O)ccc(C)c2Cl)c1[O-].[Na+]. The molecule has 38 heavy (non-hydrogen) atoms. The van der Waals surface area contributed by atoms with Crippen LogP contribution in [0.15, 0.2) is 75.8 Å². The summed E-state index contributed by atoms with van der Waals surface area (Å²) in [7, 11) is -3.29. The minimum Gasteiger partial charge on any atom is -0.870 e. The number of aryl methyl sites for hydroxylation is 1. The van der Waals surface area contributed by atoms with E-state index in [4.69, 9.17) is 27.9 Å². The number of halogens is 2. The molecular formula is C25H18Cl2N3NaO6S. The Labute approximate surface area is 250 Å². The summed E-state index contributed by atoms with van der Waals surface area (Å²) in [6.45, 7) is 1.61. The smallest absolute Gasteiger partial charge is 0.870 e. The Bertz CT molecular complexity index is 1700. The summed E-state index contributed by atoms with van der Waals surface area (Å²) in [6, 6.07) is 15.4. The second-order valence-electron chi connectivity index (χ2n) is 7.81. The van der Waals surface area contributed by atoms with E-state index in [-0.39, 0.29) is 62.2 Å². The van der Waals surface area contributed by atoms with Crippen LogP contribution in [0, 0.1) is 6.92 Å². The number of para-hydroxylation sites is 1. The molecule has 0 atom stereocenters. The first-order valence-electron chi connectivity index (χ1n) is 10.6. The van der Waals surface area contributed by atoms with E-state index in [2.05, 4.69) is 15.5 Å². The summed E-state index contributed by atoms with van der Waals surface area (Å²) in [5.74, 6) is -1.25. The van der Waals surface area contributed by atoms with E-state index in [1.165, 1.54) is 19.2 Å². The van der Waals surface area contributed by atoms with Crippen molar-refractivity contribution in [2.45, 2.75) is 11.8 Å². The summed E-state index contributed by atoms with van der Waals surface area (Å²) in [6.07, 6.45) is 0. The third kappa shape index (κ3) is 5.97. The molecule has 0 saturated carbocycles. The van der Waals surface area contributed by atoms with Crippen LogP contribution in [0.1, 0.15) is 15.9 Å². The van der Waals surface area contributed by atoms with Gasteiger partial charge >= 0.3 is 29.6 Å². The molecule has 0 radical (unpaired) electrons. The number of methoxy groups -OCH3 is 1. The number of nitrogens with one attached hydrogen (secondary N) is 1.